The molecule has 0 fully saturated rings. The Labute approximate surface area is 252 Å². The number of carbonyl (C=O) groups is 2. The number of nitrogens with zero attached hydrogens (tertiary/aromatic N) is 4. The van der Waals surface area contributed by atoms with Crippen molar-refractivity contribution in [3.8, 4) is 11.8 Å². The van der Waals surface area contributed by atoms with Gasteiger partial charge in [-0.05, 0) is 68.1 Å². The van der Waals surface area contributed by atoms with Crippen LogP contribution in [0.1, 0.15) is 42.1 Å². The molecule has 6 rings (SSSR count). The van der Waals surface area contributed by atoms with Crippen molar-refractivity contribution in [3.05, 3.63) is 59.7 Å². The molecule has 236 valence electrons. The normalized spacial score (nSPS) is 15.1. The van der Waals surface area contributed by atoms with Crippen LogP contribution in [-0.2, 0) is 6.54 Å². The number of nitrogens with one attached hydrogen (secondary N) is 4. The maximum atomic E-state index is 12.8. The third-order valence-electron chi connectivity index (χ3n) is 6.35. The summed E-state index contributed by atoms with van der Waals surface area (Å²) in [6.45, 7) is 2.96. The summed E-state index contributed by atoms with van der Waals surface area (Å²) in [7, 11) is 0. The first-order chi connectivity index (χ1) is 21.2. The fraction of sp³-hybridized carbons (Fsp3) is 0.414. The largest absolute Gasteiger partial charge is 0.494 e. The van der Waals surface area contributed by atoms with E-state index < -0.39 is 18.8 Å². The molecule has 15 heteroatoms. The SMILES string of the molecule is CCNC(=O)N1CCCCOc2ccc(cc2)CNc2nc(nc(OCC(F)(F)F)n2)Nc2ccc(cc2)C(=O)NCCC1. The van der Waals surface area contributed by atoms with Crippen molar-refractivity contribution in [1.29, 1.82) is 0 Å². The summed E-state index contributed by atoms with van der Waals surface area (Å²) in [5.41, 5.74) is 1.74. The fourth-order valence-corrected chi connectivity index (χ4v) is 4.17. The first-order valence-electron chi connectivity index (χ1n) is 14.3. The number of anilines is 3. The van der Waals surface area contributed by atoms with Crippen LogP contribution < -0.4 is 30.7 Å². The van der Waals surface area contributed by atoms with Gasteiger partial charge in [-0.25, -0.2) is 4.79 Å². The molecule has 3 aliphatic rings. The van der Waals surface area contributed by atoms with Crippen LogP contribution in [0.25, 0.3) is 0 Å². The second-order valence-corrected chi connectivity index (χ2v) is 9.86. The highest BCUT2D eigenvalue weighted by Crippen LogP contribution is 2.21. The number of urea groups is 1. The number of hydrogen-bond acceptors (Lipinski definition) is 9. The lowest BCUT2D eigenvalue weighted by molar-refractivity contribution is -0.154. The zero-order valence-corrected chi connectivity index (χ0v) is 24.2. The van der Waals surface area contributed by atoms with Crippen molar-refractivity contribution in [2.24, 2.45) is 0 Å². The zero-order chi connectivity index (χ0) is 31.4. The van der Waals surface area contributed by atoms with Crippen LogP contribution in [-0.4, -0.2) is 77.4 Å². The Morgan fingerprint density at radius 3 is 2.43 bits per heavy atom. The van der Waals surface area contributed by atoms with E-state index in [1.54, 1.807) is 29.2 Å². The Bertz CT molecular complexity index is 1370. The summed E-state index contributed by atoms with van der Waals surface area (Å²) in [4.78, 5) is 39.1. The van der Waals surface area contributed by atoms with Gasteiger partial charge in [0.2, 0.25) is 11.9 Å². The average Bonchev–Trinajstić information content (AvgIpc) is 3.00. The van der Waals surface area contributed by atoms with E-state index in [1.165, 1.54) is 0 Å². The minimum atomic E-state index is -4.57. The number of benzene rings is 2. The van der Waals surface area contributed by atoms with Gasteiger partial charge in [-0.3, -0.25) is 4.79 Å². The molecule has 3 aliphatic heterocycles. The number of ether oxygens (including phenoxy) is 2. The molecule has 3 aromatic rings. The van der Waals surface area contributed by atoms with Gasteiger partial charge in [0.25, 0.3) is 5.91 Å². The van der Waals surface area contributed by atoms with E-state index in [1.807, 2.05) is 31.2 Å². The van der Waals surface area contributed by atoms with Crippen molar-refractivity contribution >= 4 is 29.5 Å². The van der Waals surface area contributed by atoms with Crippen molar-refractivity contribution < 1.29 is 32.2 Å². The summed E-state index contributed by atoms with van der Waals surface area (Å²) < 4.78 is 49.0. The van der Waals surface area contributed by atoms with Crippen molar-refractivity contribution in [2.45, 2.75) is 38.9 Å². The Balaban J connectivity index is 1.52. The van der Waals surface area contributed by atoms with Gasteiger partial charge in [-0.2, -0.15) is 28.1 Å². The molecule has 0 unspecified atom stereocenters. The minimum absolute atomic E-state index is 0.00295. The number of rotatable bonds is 3. The summed E-state index contributed by atoms with van der Waals surface area (Å²) in [6.07, 6.45) is -2.52. The molecule has 0 aliphatic carbocycles. The molecule has 0 saturated carbocycles. The van der Waals surface area contributed by atoms with Crippen LogP contribution in [0, 0.1) is 0 Å². The summed E-state index contributed by atoms with van der Waals surface area (Å²) >= 11 is 0. The van der Waals surface area contributed by atoms with Crippen LogP contribution in [0.5, 0.6) is 11.8 Å². The third kappa shape index (κ3) is 10.5. The highest BCUT2D eigenvalue weighted by atomic mass is 19.4. The van der Waals surface area contributed by atoms with E-state index in [9.17, 15) is 22.8 Å². The van der Waals surface area contributed by atoms with E-state index in [0.29, 0.717) is 56.2 Å². The van der Waals surface area contributed by atoms with Crippen LogP contribution >= 0.6 is 0 Å². The number of fused-ring (bicyclic) bond motifs is 2. The van der Waals surface area contributed by atoms with Gasteiger partial charge >= 0.3 is 18.2 Å². The molecule has 0 radical (unpaired) electrons. The van der Waals surface area contributed by atoms with Gasteiger partial charge in [-0.15, -0.1) is 0 Å². The fourth-order valence-electron chi connectivity index (χ4n) is 4.17. The highest BCUT2D eigenvalue weighted by Gasteiger charge is 2.29. The van der Waals surface area contributed by atoms with Gasteiger partial charge in [-0.1, -0.05) is 12.1 Å². The first kappa shape index (κ1) is 32.1. The lowest BCUT2D eigenvalue weighted by Crippen LogP contribution is -2.42. The van der Waals surface area contributed by atoms with E-state index in [-0.39, 0.29) is 30.4 Å². The Kier molecular flexibility index (Phi) is 11.4. The number of hydrogen-bond donors (Lipinski definition) is 4. The smallest absolute Gasteiger partial charge is 0.422 e. The monoisotopic (exact) mass is 616 g/mol. The van der Waals surface area contributed by atoms with E-state index in [4.69, 9.17) is 9.47 Å². The van der Waals surface area contributed by atoms with Gasteiger partial charge < -0.3 is 35.6 Å². The first-order valence-corrected chi connectivity index (χ1v) is 14.3. The summed E-state index contributed by atoms with van der Waals surface area (Å²) in [5, 5.41) is 11.6. The second kappa shape index (κ2) is 15.6. The minimum Gasteiger partial charge on any atom is -0.494 e. The highest BCUT2D eigenvalue weighted by molar-refractivity contribution is 5.94. The predicted octanol–water partition coefficient (Wildman–Crippen LogP) is 4.49. The van der Waals surface area contributed by atoms with E-state index >= 15 is 0 Å². The van der Waals surface area contributed by atoms with Gasteiger partial charge in [0.1, 0.15) is 5.75 Å². The third-order valence-corrected chi connectivity index (χ3v) is 6.35. The Morgan fingerprint density at radius 2 is 1.70 bits per heavy atom. The van der Waals surface area contributed by atoms with E-state index in [0.717, 1.165) is 18.4 Å². The number of aromatic nitrogens is 3. The van der Waals surface area contributed by atoms with Crippen molar-refractivity contribution in [3.63, 3.8) is 0 Å². The Morgan fingerprint density at radius 1 is 0.977 bits per heavy atom. The molecular formula is C29H35F3N8O4. The average molecular weight is 617 g/mol. The number of alkyl halides is 3. The summed E-state index contributed by atoms with van der Waals surface area (Å²) in [6, 6.07) is 13.1. The lowest BCUT2D eigenvalue weighted by Gasteiger charge is -2.23. The maximum absolute atomic E-state index is 12.8. The molecule has 3 amide bonds. The van der Waals surface area contributed by atoms with Gasteiger partial charge in [0.05, 0.1) is 6.61 Å². The van der Waals surface area contributed by atoms with Crippen LogP contribution in [0.3, 0.4) is 0 Å². The topological polar surface area (TPSA) is 143 Å². The lowest BCUT2D eigenvalue weighted by atomic mass is 10.2. The van der Waals surface area contributed by atoms with Gasteiger partial charge in [0, 0.05) is 44.0 Å². The van der Waals surface area contributed by atoms with Crippen molar-refractivity contribution in [2.75, 3.05) is 50.0 Å². The molecular weight excluding hydrogens is 581 g/mol. The molecule has 0 saturated heterocycles. The van der Waals surface area contributed by atoms with Gasteiger partial charge in [0.15, 0.2) is 6.61 Å². The zero-order valence-electron chi connectivity index (χ0n) is 24.2. The summed E-state index contributed by atoms with van der Waals surface area (Å²) in [5.74, 6) is 0.340. The standard InChI is InChI=1S/C29H35F3N8O4/c1-2-33-28(42)40-15-3-4-17-43-23-12-6-20(7-13-23)18-35-25-37-26(39-27(38-25)44-19-29(30,31)32)36-22-10-8-21(9-11-22)24(41)34-14-5-16-40/h6-13H,2-5,14-19H2,1H3,(H,33,42)(H,34,41)(H2,35,36,37,38,39). The molecule has 2 aromatic carbocycles. The quantitative estimate of drug-likeness (QED) is 0.335. The molecule has 0 spiro atoms. The molecule has 4 heterocycles. The molecule has 1 aromatic heterocycles. The molecule has 4 N–H and O–H groups in total. The Hall–Kier alpha value is -4.82. The molecule has 12 nitrogen and oxygen atoms in total. The molecule has 0 atom stereocenters. The second-order valence-electron chi connectivity index (χ2n) is 9.86. The molecule has 44 heavy (non-hydrogen) atoms. The van der Waals surface area contributed by atoms with E-state index in [2.05, 4.69) is 36.2 Å². The van der Waals surface area contributed by atoms with Crippen LogP contribution in [0.15, 0.2) is 48.5 Å². The number of amides is 3. The number of halogens is 3. The molecule has 6 bridgehead atoms. The van der Waals surface area contributed by atoms with Crippen molar-refractivity contribution in [1.82, 2.24) is 30.5 Å². The van der Waals surface area contributed by atoms with Crippen LogP contribution in [0.2, 0.25) is 0 Å². The van der Waals surface area contributed by atoms with Crippen LogP contribution in [0.4, 0.5) is 35.5 Å². The number of carbonyl (C=O) groups excluding carboxylic acids is 2. The maximum Gasteiger partial charge on any atom is 0.422 e. The predicted molar refractivity (Wildman–Crippen MR) is 157 cm³/mol.